The van der Waals surface area contributed by atoms with Crippen LogP contribution in [0.4, 0.5) is 5.95 Å². The molecule has 2 N–H and O–H groups in total. The van der Waals surface area contributed by atoms with Gasteiger partial charge >= 0.3 is 0 Å². The second-order valence-electron chi connectivity index (χ2n) is 5.61. The summed E-state index contributed by atoms with van der Waals surface area (Å²) in [6.07, 6.45) is 2.76. The molecule has 124 valence electrons. The summed E-state index contributed by atoms with van der Waals surface area (Å²) < 4.78 is 0.989. The lowest BCUT2D eigenvalue weighted by atomic mass is 10.1. The average molecular weight is 395 g/mol. The molecule has 0 fully saturated rings. The normalized spacial score (nSPS) is 11.6. The van der Waals surface area contributed by atoms with E-state index in [1.54, 1.807) is 6.21 Å². The molecule has 0 aliphatic carbocycles. The first kappa shape index (κ1) is 15.7. The van der Waals surface area contributed by atoms with Gasteiger partial charge in [-0.05, 0) is 35.7 Å². The van der Waals surface area contributed by atoms with Crippen LogP contribution in [0, 0.1) is 0 Å². The molecule has 4 aromatic rings. The molecule has 2 aromatic heterocycles. The monoisotopic (exact) mass is 394 g/mol. The van der Waals surface area contributed by atoms with E-state index in [1.165, 1.54) is 5.56 Å². The number of nitrogens with zero attached hydrogens (tertiary/aromatic N) is 4. The van der Waals surface area contributed by atoms with Gasteiger partial charge in [-0.15, -0.1) is 10.2 Å². The number of H-pyrrole nitrogens is 1. The summed E-state index contributed by atoms with van der Waals surface area (Å²) in [7, 11) is 0. The van der Waals surface area contributed by atoms with Crippen LogP contribution in [0.15, 0.2) is 52.0 Å². The maximum absolute atomic E-state index is 4.43. The average Bonchev–Trinajstić information content (AvgIpc) is 2.99. The zero-order valence-corrected chi connectivity index (χ0v) is 15.1. The minimum absolute atomic E-state index is 0.347. The van der Waals surface area contributed by atoms with E-state index in [2.05, 4.69) is 65.7 Å². The molecule has 0 radical (unpaired) electrons. The van der Waals surface area contributed by atoms with Gasteiger partial charge in [0.25, 0.3) is 5.95 Å². The number of aryl methyl sites for hydroxylation is 1. The van der Waals surface area contributed by atoms with E-state index in [9.17, 15) is 0 Å². The molecular formula is C18H15BrN6. The van der Waals surface area contributed by atoms with Crippen LogP contribution in [0.5, 0.6) is 0 Å². The number of aromatic nitrogens is 4. The van der Waals surface area contributed by atoms with Gasteiger partial charge in [-0.3, -0.25) is 0 Å². The Morgan fingerprint density at radius 2 is 2.00 bits per heavy atom. The number of hydrazone groups is 1. The van der Waals surface area contributed by atoms with Crippen molar-refractivity contribution < 1.29 is 0 Å². The van der Waals surface area contributed by atoms with Crippen LogP contribution in [-0.4, -0.2) is 26.4 Å². The van der Waals surface area contributed by atoms with E-state index in [-0.39, 0.29) is 0 Å². The summed E-state index contributed by atoms with van der Waals surface area (Å²) in [6.45, 7) is 2.13. The Hall–Kier alpha value is -2.80. The molecule has 6 nitrogen and oxygen atoms in total. The third-order valence-electron chi connectivity index (χ3n) is 3.94. The fourth-order valence-corrected chi connectivity index (χ4v) is 2.96. The molecule has 0 spiro atoms. The Kier molecular flexibility index (Phi) is 4.15. The summed E-state index contributed by atoms with van der Waals surface area (Å²) in [5, 5.41) is 13.5. The minimum atomic E-state index is 0.347. The highest BCUT2D eigenvalue weighted by Crippen LogP contribution is 2.25. The number of rotatable bonds is 4. The Bertz CT molecular complexity index is 1070. The summed E-state index contributed by atoms with van der Waals surface area (Å²) in [6, 6.07) is 14.2. The van der Waals surface area contributed by atoms with E-state index in [0.717, 1.165) is 32.9 Å². The zero-order chi connectivity index (χ0) is 17.2. The number of fused-ring (bicyclic) bond motifs is 3. The Labute approximate surface area is 152 Å². The molecular weight excluding hydrogens is 380 g/mol. The summed E-state index contributed by atoms with van der Waals surface area (Å²) in [4.78, 5) is 7.67. The molecule has 25 heavy (non-hydrogen) atoms. The molecule has 2 heterocycles. The van der Waals surface area contributed by atoms with Crippen molar-refractivity contribution in [3.63, 3.8) is 0 Å². The van der Waals surface area contributed by atoms with Crippen LogP contribution in [-0.2, 0) is 6.42 Å². The van der Waals surface area contributed by atoms with Crippen LogP contribution >= 0.6 is 15.9 Å². The van der Waals surface area contributed by atoms with Crippen LogP contribution in [0.3, 0.4) is 0 Å². The molecule has 7 heteroatoms. The van der Waals surface area contributed by atoms with Crippen LogP contribution in [0.1, 0.15) is 18.1 Å². The first-order valence-corrected chi connectivity index (χ1v) is 8.72. The summed E-state index contributed by atoms with van der Waals surface area (Å²) in [5.74, 6) is 0.347. The first-order chi connectivity index (χ1) is 12.2. The smallest absolute Gasteiger partial charge is 0.265 e. The van der Waals surface area contributed by atoms with Gasteiger partial charge in [0.2, 0.25) is 0 Å². The molecule has 0 aliphatic rings. The number of hydrogen-bond acceptors (Lipinski definition) is 5. The SMILES string of the molecule is CCc1ccc(C=NNc2nnc3c(n2)[nH]c2ccc(Br)cc23)cc1. The Balaban J connectivity index is 1.57. The van der Waals surface area contributed by atoms with E-state index < -0.39 is 0 Å². The maximum atomic E-state index is 4.43. The number of benzene rings is 2. The van der Waals surface area contributed by atoms with Crippen molar-refractivity contribution in [2.45, 2.75) is 13.3 Å². The van der Waals surface area contributed by atoms with Gasteiger partial charge in [-0.2, -0.15) is 10.1 Å². The van der Waals surface area contributed by atoms with Crippen molar-refractivity contribution in [2.75, 3.05) is 5.43 Å². The fraction of sp³-hybridized carbons (Fsp3) is 0.111. The molecule has 4 rings (SSSR count). The number of nitrogens with one attached hydrogen (secondary N) is 2. The largest absolute Gasteiger partial charge is 0.338 e. The highest BCUT2D eigenvalue weighted by molar-refractivity contribution is 9.10. The van der Waals surface area contributed by atoms with Crippen molar-refractivity contribution in [2.24, 2.45) is 5.10 Å². The van der Waals surface area contributed by atoms with Crippen molar-refractivity contribution in [1.29, 1.82) is 0 Å². The predicted octanol–water partition coefficient (Wildman–Crippen LogP) is 4.28. The van der Waals surface area contributed by atoms with Crippen molar-refractivity contribution in [1.82, 2.24) is 20.2 Å². The van der Waals surface area contributed by atoms with Gasteiger partial charge in [0.05, 0.1) is 6.21 Å². The van der Waals surface area contributed by atoms with Crippen molar-refractivity contribution >= 4 is 50.2 Å². The lowest BCUT2D eigenvalue weighted by Crippen LogP contribution is -1.99. The maximum Gasteiger partial charge on any atom is 0.265 e. The van der Waals surface area contributed by atoms with E-state index in [1.807, 2.05) is 30.3 Å². The highest BCUT2D eigenvalue weighted by Gasteiger charge is 2.09. The highest BCUT2D eigenvalue weighted by atomic mass is 79.9. The van der Waals surface area contributed by atoms with Gasteiger partial charge in [-0.25, -0.2) is 5.43 Å². The van der Waals surface area contributed by atoms with Gasteiger partial charge < -0.3 is 4.98 Å². The predicted molar refractivity (Wildman–Crippen MR) is 104 cm³/mol. The molecule has 0 amide bonds. The van der Waals surface area contributed by atoms with Crippen LogP contribution < -0.4 is 5.43 Å². The number of anilines is 1. The first-order valence-electron chi connectivity index (χ1n) is 7.92. The number of hydrogen-bond donors (Lipinski definition) is 2. The Morgan fingerprint density at radius 3 is 2.80 bits per heavy atom. The topological polar surface area (TPSA) is 78.8 Å². The van der Waals surface area contributed by atoms with E-state index >= 15 is 0 Å². The van der Waals surface area contributed by atoms with E-state index in [0.29, 0.717) is 11.6 Å². The molecule has 2 aromatic carbocycles. The summed E-state index contributed by atoms with van der Waals surface area (Å²) >= 11 is 3.47. The van der Waals surface area contributed by atoms with Gasteiger partial charge in [-0.1, -0.05) is 47.1 Å². The summed E-state index contributed by atoms with van der Waals surface area (Å²) in [5.41, 5.74) is 7.51. The van der Waals surface area contributed by atoms with Crippen molar-refractivity contribution in [3.05, 3.63) is 58.1 Å². The van der Waals surface area contributed by atoms with Gasteiger partial charge in [0, 0.05) is 15.4 Å². The molecule has 0 aliphatic heterocycles. The minimum Gasteiger partial charge on any atom is -0.338 e. The second kappa shape index (κ2) is 6.60. The van der Waals surface area contributed by atoms with Crippen LogP contribution in [0.2, 0.25) is 0 Å². The van der Waals surface area contributed by atoms with Crippen LogP contribution in [0.25, 0.3) is 22.1 Å². The molecule has 0 unspecified atom stereocenters. The third-order valence-corrected chi connectivity index (χ3v) is 4.44. The Morgan fingerprint density at radius 1 is 1.16 bits per heavy atom. The van der Waals surface area contributed by atoms with Gasteiger partial charge in [0.15, 0.2) is 5.65 Å². The third kappa shape index (κ3) is 3.23. The van der Waals surface area contributed by atoms with Crippen molar-refractivity contribution in [3.8, 4) is 0 Å². The number of aromatic amines is 1. The van der Waals surface area contributed by atoms with Gasteiger partial charge in [0.1, 0.15) is 5.52 Å². The second-order valence-corrected chi connectivity index (χ2v) is 6.53. The molecule has 0 bridgehead atoms. The quantitative estimate of drug-likeness (QED) is 0.399. The fourth-order valence-electron chi connectivity index (χ4n) is 2.59. The lowest BCUT2D eigenvalue weighted by molar-refractivity contribution is 1.01. The number of halogens is 1. The standard InChI is InChI=1S/C18H15BrN6/c1-2-11-3-5-12(6-4-11)10-20-24-18-22-17-16(23-25-18)14-9-13(19)7-8-15(14)21-17/h3-10H,2H2,1H3,(H2,21,22,24,25). The zero-order valence-electron chi connectivity index (χ0n) is 13.5. The molecule has 0 atom stereocenters. The van der Waals surface area contributed by atoms with E-state index in [4.69, 9.17) is 0 Å². The molecule has 0 saturated heterocycles. The molecule has 0 saturated carbocycles. The lowest BCUT2D eigenvalue weighted by Gasteiger charge is -1.98.